The first-order chi connectivity index (χ1) is 14.3. The minimum Gasteiger partial charge on any atom is -0.444 e. The van der Waals surface area contributed by atoms with E-state index < -0.39 is 5.60 Å². The van der Waals surface area contributed by atoms with E-state index in [4.69, 9.17) is 21.1 Å². The summed E-state index contributed by atoms with van der Waals surface area (Å²) in [6, 6.07) is 2.13. The number of halogens is 1. The molecular formula is C21H27ClN4O3S. The van der Waals surface area contributed by atoms with Gasteiger partial charge in [-0.2, -0.15) is 0 Å². The van der Waals surface area contributed by atoms with E-state index in [9.17, 15) is 4.79 Å². The van der Waals surface area contributed by atoms with Gasteiger partial charge in [0.15, 0.2) is 0 Å². The van der Waals surface area contributed by atoms with Crippen LogP contribution in [-0.2, 0) is 9.47 Å². The van der Waals surface area contributed by atoms with E-state index in [-0.39, 0.29) is 11.7 Å². The second kappa shape index (κ2) is 8.69. The van der Waals surface area contributed by atoms with E-state index in [1.807, 2.05) is 27.0 Å². The molecule has 2 aromatic heterocycles. The van der Waals surface area contributed by atoms with E-state index in [2.05, 4.69) is 20.9 Å². The highest BCUT2D eigenvalue weighted by molar-refractivity contribution is 7.19. The average molecular weight is 451 g/mol. The summed E-state index contributed by atoms with van der Waals surface area (Å²) in [7, 11) is 0. The molecule has 0 bridgehead atoms. The highest BCUT2D eigenvalue weighted by Crippen LogP contribution is 2.37. The fourth-order valence-corrected chi connectivity index (χ4v) is 5.15. The molecule has 0 saturated carbocycles. The van der Waals surface area contributed by atoms with Gasteiger partial charge >= 0.3 is 6.09 Å². The summed E-state index contributed by atoms with van der Waals surface area (Å²) in [5.41, 5.74) is 2.67. The van der Waals surface area contributed by atoms with Crippen LogP contribution in [0.5, 0.6) is 0 Å². The number of alkyl halides is 1. The lowest BCUT2D eigenvalue weighted by atomic mass is 9.99. The quantitative estimate of drug-likeness (QED) is 0.634. The second-order valence-electron chi connectivity index (χ2n) is 8.53. The Hall–Kier alpha value is -1.90. The summed E-state index contributed by atoms with van der Waals surface area (Å²) in [6.45, 7) is 8.99. The molecule has 0 aromatic carbocycles. The molecule has 2 fully saturated rings. The van der Waals surface area contributed by atoms with Gasteiger partial charge in [0.1, 0.15) is 17.5 Å². The molecule has 4 heterocycles. The average Bonchev–Trinajstić information content (AvgIpc) is 3.11. The lowest BCUT2D eigenvalue weighted by molar-refractivity contribution is 0.0233. The Balaban J connectivity index is 1.61. The maximum Gasteiger partial charge on any atom is 0.410 e. The van der Waals surface area contributed by atoms with E-state index >= 15 is 0 Å². The van der Waals surface area contributed by atoms with Crippen LogP contribution >= 0.6 is 22.9 Å². The van der Waals surface area contributed by atoms with Gasteiger partial charge in [-0.05, 0) is 45.3 Å². The number of thiophene rings is 1. The first-order valence-electron chi connectivity index (χ1n) is 10.2. The molecule has 162 valence electrons. The van der Waals surface area contributed by atoms with Crippen LogP contribution in [0.3, 0.4) is 0 Å². The fourth-order valence-electron chi connectivity index (χ4n) is 3.79. The predicted molar refractivity (Wildman–Crippen MR) is 119 cm³/mol. The molecule has 2 aromatic rings. The molecule has 2 aliphatic heterocycles. The van der Waals surface area contributed by atoms with Crippen LogP contribution in [0.1, 0.15) is 38.5 Å². The van der Waals surface area contributed by atoms with Crippen molar-refractivity contribution in [2.75, 3.05) is 32.8 Å². The van der Waals surface area contributed by atoms with Crippen molar-refractivity contribution in [1.82, 2.24) is 19.8 Å². The number of fused-ring (bicyclic) bond motifs is 1. The van der Waals surface area contributed by atoms with Crippen LogP contribution in [0.2, 0.25) is 0 Å². The number of carbonyl (C=O) groups is 1. The number of rotatable bonds is 2. The Morgan fingerprint density at radius 3 is 2.70 bits per heavy atom. The Bertz CT molecular complexity index is 912. The zero-order valence-electron chi connectivity index (χ0n) is 17.6. The van der Waals surface area contributed by atoms with Crippen molar-refractivity contribution in [3.8, 4) is 0 Å². The Labute approximate surface area is 185 Å². The van der Waals surface area contributed by atoms with Crippen molar-refractivity contribution in [3.05, 3.63) is 29.0 Å². The molecule has 7 nitrogen and oxygen atoms in total. The van der Waals surface area contributed by atoms with Crippen molar-refractivity contribution >= 4 is 44.9 Å². The molecule has 9 heteroatoms. The van der Waals surface area contributed by atoms with Gasteiger partial charge in [-0.3, -0.25) is 0 Å². The number of hydrogen-bond acceptors (Lipinski definition) is 7. The van der Waals surface area contributed by atoms with Crippen LogP contribution in [0.15, 0.2) is 24.2 Å². The Kier molecular flexibility index (Phi) is 6.18. The molecule has 4 rings (SSSR count). The van der Waals surface area contributed by atoms with Crippen LogP contribution in [0.25, 0.3) is 15.9 Å². The SMILES string of the molecule is CC(C)(C)OC(=O)N1CCC(=C(c2cc3ncncc3s2)N2CCOC(Cl)C2)CC1. The molecule has 1 atom stereocenters. The number of morpholine rings is 1. The lowest BCUT2D eigenvalue weighted by Gasteiger charge is -2.37. The van der Waals surface area contributed by atoms with E-state index in [0.717, 1.165) is 34.5 Å². The van der Waals surface area contributed by atoms with Gasteiger partial charge in [0.2, 0.25) is 0 Å². The number of aromatic nitrogens is 2. The molecule has 0 aliphatic carbocycles. The lowest BCUT2D eigenvalue weighted by Crippen LogP contribution is -2.42. The standard InChI is InChI=1S/C21H27ClN4O3S/c1-21(2,3)29-20(27)25-6-4-14(5-7-25)19(26-8-9-28-18(22)12-26)16-10-15-17(30-16)11-23-13-24-15/h10-11,13,18H,4-9,12H2,1-3H3. The van der Waals surface area contributed by atoms with Crippen molar-refractivity contribution in [2.24, 2.45) is 0 Å². The van der Waals surface area contributed by atoms with Crippen LogP contribution < -0.4 is 0 Å². The molecule has 0 N–H and O–H groups in total. The first-order valence-corrected chi connectivity index (χ1v) is 11.5. The van der Waals surface area contributed by atoms with Gasteiger partial charge in [-0.25, -0.2) is 14.8 Å². The minimum atomic E-state index is -0.486. The van der Waals surface area contributed by atoms with E-state index in [1.54, 1.807) is 22.6 Å². The summed E-state index contributed by atoms with van der Waals surface area (Å²) in [4.78, 5) is 26.3. The van der Waals surface area contributed by atoms with Gasteiger partial charge in [0.25, 0.3) is 0 Å². The van der Waals surface area contributed by atoms with Crippen LogP contribution in [-0.4, -0.2) is 69.8 Å². The zero-order valence-corrected chi connectivity index (χ0v) is 19.1. The zero-order chi connectivity index (χ0) is 21.3. The highest BCUT2D eigenvalue weighted by Gasteiger charge is 2.29. The molecule has 0 spiro atoms. The second-order valence-corrected chi connectivity index (χ2v) is 10.1. The third-order valence-electron chi connectivity index (χ3n) is 5.12. The highest BCUT2D eigenvalue weighted by atomic mass is 35.5. The molecule has 0 radical (unpaired) electrons. The van der Waals surface area contributed by atoms with Gasteiger partial charge in [-0.1, -0.05) is 11.6 Å². The number of hydrogen-bond donors (Lipinski definition) is 0. The first kappa shape index (κ1) is 21.3. The third-order valence-corrected chi connectivity index (χ3v) is 6.45. The predicted octanol–water partition coefficient (Wildman–Crippen LogP) is 4.33. The van der Waals surface area contributed by atoms with Gasteiger partial charge < -0.3 is 19.3 Å². The Morgan fingerprint density at radius 1 is 1.27 bits per heavy atom. The maximum absolute atomic E-state index is 12.5. The topological polar surface area (TPSA) is 67.8 Å². The molecule has 2 aliphatic rings. The molecule has 1 unspecified atom stereocenters. The van der Waals surface area contributed by atoms with Crippen LogP contribution in [0.4, 0.5) is 4.79 Å². The van der Waals surface area contributed by atoms with E-state index in [1.165, 1.54) is 11.3 Å². The minimum absolute atomic E-state index is 0.243. The summed E-state index contributed by atoms with van der Waals surface area (Å²) < 4.78 is 12.2. The van der Waals surface area contributed by atoms with Crippen molar-refractivity contribution in [1.29, 1.82) is 0 Å². The largest absolute Gasteiger partial charge is 0.444 e. The number of carbonyl (C=O) groups excluding carboxylic acids is 1. The number of nitrogens with zero attached hydrogens (tertiary/aromatic N) is 4. The molecule has 2 saturated heterocycles. The summed E-state index contributed by atoms with van der Waals surface area (Å²) in [5, 5.41) is 0. The monoisotopic (exact) mass is 450 g/mol. The molecular weight excluding hydrogens is 424 g/mol. The maximum atomic E-state index is 12.5. The number of piperidine rings is 1. The van der Waals surface area contributed by atoms with Crippen molar-refractivity contribution in [2.45, 2.75) is 44.8 Å². The van der Waals surface area contributed by atoms with Gasteiger partial charge in [0.05, 0.1) is 33.9 Å². The summed E-state index contributed by atoms with van der Waals surface area (Å²) in [6.07, 6.45) is 4.80. The smallest absolute Gasteiger partial charge is 0.410 e. The third kappa shape index (κ3) is 4.87. The van der Waals surface area contributed by atoms with Gasteiger partial charge in [-0.15, -0.1) is 11.3 Å². The number of likely N-dealkylation sites (tertiary alicyclic amines) is 1. The van der Waals surface area contributed by atoms with Gasteiger partial charge in [0, 0.05) is 25.8 Å². The summed E-state index contributed by atoms with van der Waals surface area (Å²) in [5.74, 6) is 0. The molecule has 30 heavy (non-hydrogen) atoms. The van der Waals surface area contributed by atoms with Crippen molar-refractivity contribution < 1.29 is 14.3 Å². The number of amides is 1. The normalized spacial score (nSPS) is 20.5. The fraction of sp³-hybridized carbons (Fsp3) is 0.571. The number of ether oxygens (including phenoxy) is 2. The van der Waals surface area contributed by atoms with Crippen molar-refractivity contribution in [3.63, 3.8) is 0 Å². The molecule has 1 amide bonds. The van der Waals surface area contributed by atoms with E-state index in [0.29, 0.717) is 26.2 Å². The van der Waals surface area contributed by atoms with Crippen LogP contribution in [0, 0.1) is 0 Å². The summed E-state index contributed by atoms with van der Waals surface area (Å²) >= 11 is 8.01. The Morgan fingerprint density at radius 2 is 2.03 bits per heavy atom.